The molecule has 3 aromatic rings. The van der Waals surface area contributed by atoms with Crippen LogP contribution < -0.4 is 14.8 Å². The van der Waals surface area contributed by atoms with E-state index in [-0.39, 0.29) is 12.5 Å². The summed E-state index contributed by atoms with van der Waals surface area (Å²) in [5.74, 6) is 0.703. The van der Waals surface area contributed by atoms with Crippen LogP contribution in [0.15, 0.2) is 42.5 Å². The Morgan fingerprint density at radius 2 is 2.04 bits per heavy atom. The summed E-state index contributed by atoms with van der Waals surface area (Å²) in [4.78, 5) is 16.9. The summed E-state index contributed by atoms with van der Waals surface area (Å²) >= 11 is 6.21. The minimum Gasteiger partial charge on any atom is -0.486 e. The van der Waals surface area contributed by atoms with Gasteiger partial charge in [-0.25, -0.2) is 0 Å². The van der Waals surface area contributed by atoms with E-state index in [4.69, 9.17) is 21.1 Å². The Morgan fingerprint density at radius 1 is 1.21 bits per heavy atom. The SMILES string of the molecule is Cc1ccc2cc(C(=O)NC[C@@H](O)c3cc(Cl)c4c(c3)OCCO4)ccc2n1. The Kier molecular flexibility index (Phi) is 5.07. The molecule has 2 aromatic carbocycles. The number of aliphatic hydroxyl groups excluding tert-OH is 1. The van der Waals surface area contributed by atoms with Crippen LogP contribution in [0.1, 0.15) is 27.7 Å². The lowest BCUT2D eigenvalue weighted by Gasteiger charge is -2.21. The fraction of sp³-hybridized carbons (Fsp3) is 0.238. The van der Waals surface area contributed by atoms with Gasteiger partial charge in [0.1, 0.15) is 13.2 Å². The van der Waals surface area contributed by atoms with Gasteiger partial charge in [-0.3, -0.25) is 9.78 Å². The summed E-state index contributed by atoms with van der Waals surface area (Å²) in [6.45, 7) is 2.83. The van der Waals surface area contributed by atoms with E-state index in [1.54, 1.807) is 24.3 Å². The third kappa shape index (κ3) is 3.74. The van der Waals surface area contributed by atoms with Crippen molar-refractivity contribution in [3.63, 3.8) is 0 Å². The van der Waals surface area contributed by atoms with Crippen molar-refractivity contribution >= 4 is 28.4 Å². The molecule has 1 aliphatic rings. The number of benzene rings is 2. The number of halogens is 1. The van der Waals surface area contributed by atoms with Crippen LogP contribution in [0.3, 0.4) is 0 Å². The van der Waals surface area contributed by atoms with Gasteiger partial charge in [0.05, 0.1) is 16.6 Å². The number of carbonyl (C=O) groups is 1. The number of pyridine rings is 1. The molecular weight excluding hydrogens is 380 g/mol. The molecule has 1 aliphatic heterocycles. The Morgan fingerprint density at radius 3 is 2.89 bits per heavy atom. The number of amides is 1. The van der Waals surface area contributed by atoms with Crippen molar-refractivity contribution in [1.82, 2.24) is 10.3 Å². The highest BCUT2D eigenvalue weighted by molar-refractivity contribution is 6.32. The van der Waals surface area contributed by atoms with Crippen LogP contribution in [0.4, 0.5) is 0 Å². The van der Waals surface area contributed by atoms with Crippen molar-refractivity contribution in [2.45, 2.75) is 13.0 Å². The number of ether oxygens (including phenoxy) is 2. The molecule has 0 fully saturated rings. The molecule has 0 saturated heterocycles. The molecule has 0 unspecified atom stereocenters. The van der Waals surface area contributed by atoms with Crippen LogP contribution in [0.2, 0.25) is 5.02 Å². The maximum absolute atomic E-state index is 12.5. The van der Waals surface area contributed by atoms with E-state index in [2.05, 4.69) is 10.3 Å². The molecular formula is C21H19ClN2O4. The van der Waals surface area contributed by atoms with Crippen molar-refractivity contribution < 1.29 is 19.4 Å². The van der Waals surface area contributed by atoms with E-state index in [0.717, 1.165) is 16.6 Å². The van der Waals surface area contributed by atoms with Crippen LogP contribution in [0.25, 0.3) is 10.9 Å². The van der Waals surface area contributed by atoms with E-state index in [9.17, 15) is 9.90 Å². The summed E-state index contributed by atoms with van der Waals surface area (Å²) in [5, 5.41) is 14.5. The maximum atomic E-state index is 12.5. The smallest absolute Gasteiger partial charge is 0.251 e. The minimum atomic E-state index is -0.929. The predicted octanol–water partition coefficient (Wildman–Crippen LogP) is 3.43. The molecule has 0 spiro atoms. The number of nitrogens with zero attached hydrogens (tertiary/aromatic N) is 1. The number of hydrogen-bond donors (Lipinski definition) is 2. The Hall–Kier alpha value is -2.83. The summed E-state index contributed by atoms with van der Waals surface area (Å²) in [5.41, 5.74) is 2.81. The number of aryl methyl sites for hydroxylation is 1. The fourth-order valence-corrected chi connectivity index (χ4v) is 3.37. The summed E-state index contributed by atoms with van der Waals surface area (Å²) in [6.07, 6.45) is -0.929. The average Bonchev–Trinajstić information content (AvgIpc) is 2.71. The van der Waals surface area contributed by atoms with E-state index in [1.807, 2.05) is 25.1 Å². The lowest BCUT2D eigenvalue weighted by Crippen LogP contribution is -2.28. The molecule has 2 heterocycles. The Bertz CT molecular complexity index is 1050. The van der Waals surface area contributed by atoms with Gasteiger partial charge in [-0.05, 0) is 48.9 Å². The second kappa shape index (κ2) is 7.66. The summed E-state index contributed by atoms with van der Waals surface area (Å²) in [6, 6.07) is 12.5. The normalized spacial score (nSPS) is 14.0. The number of aliphatic hydroxyl groups is 1. The van der Waals surface area contributed by atoms with Crippen molar-refractivity contribution in [3.8, 4) is 11.5 Å². The van der Waals surface area contributed by atoms with Crippen LogP contribution in [0, 0.1) is 6.92 Å². The largest absolute Gasteiger partial charge is 0.486 e. The molecule has 1 aromatic heterocycles. The topological polar surface area (TPSA) is 80.7 Å². The quantitative estimate of drug-likeness (QED) is 0.703. The monoisotopic (exact) mass is 398 g/mol. The van der Waals surface area contributed by atoms with Gasteiger partial charge >= 0.3 is 0 Å². The van der Waals surface area contributed by atoms with Crippen LogP contribution in [-0.2, 0) is 0 Å². The van der Waals surface area contributed by atoms with Crippen LogP contribution in [-0.4, -0.2) is 35.8 Å². The summed E-state index contributed by atoms with van der Waals surface area (Å²) in [7, 11) is 0. The highest BCUT2D eigenvalue weighted by Gasteiger charge is 2.20. The Labute approximate surface area is 167 Å². The van der Waals surface area contributed by atoms with Gasteiger partial charge in [0.25, 0.3) is 5.91 Å². The lowest BCUT2D eigenvalue weighted by molar-refractivity contribution is 0.0916. The van der Waals surface area contributed by atoms with Gasteiger partial charge in [0.15, 0.2) is 11.5 Å². The zero-order chi connectivity index (χ0) is 19.7. The minimum absolute atomic E-state index is 0.0407. The number of fused-ring (bicyclic) bond motifs is 2. The van der Waals surface area contributed by atoms with Gasteiger partial charge in [0.2, 0.25) is 0 Å². The van der Waals surface area contributed by atoms with E-state index >= 15 is 0 Å². The van der Waals surface area contributed by atoms with E-state index in [0.29, 0.717) is 40.9 Å². The molecule has 2 N–H and O–H groups in total. The molecule has 144 valence electrons. The van der Waals surface area contributed by atoms with Gasteiger partial charge < -0.3 is 19.9 Å². The molecule has 0 bridgehead atoms. The maximum Gasteiger partial charge on any atom is 0.251 e. The third-order valence-electron chi connectivity index (χ3n) is 4.55. The first-order valence-electron chi connectivity index (χ1n) is 8.94. The number of nitrogens with one attached hydrogen (secondary N) is 1. The second-order valence-corrected chi connectivity index (χ2v) is 7.02. The highest BCUT2D eigenvalue weighted by Crippen LogP contribution is 2.39. The first-order chi connectivity index (χ1) is 13.5. The number of aromatic nitrogens is 1. The van der Waals surface area contributed by atoms with Gasteiger partial charge in [-0.15, -0.1) is 0 Å². The van der Waals surface area contributed by atoms with Crippen molar-refractivity contribution in [2.24, 2.45) is 0 Å². The average molecular weight is 399 g/mol. The van der Waals surface area contributed by atoms with Crippen LogP contribution in [0.5, 0.6) is 11.5 Å². The molecule has 1 atom stereocenters. The molecule has 0 saturated carbocycles. The fourth-order valence-electron chi connectivity index (χ4n) is 3.10. The second-order valence-electron chi connectivity index (χ2n) is 6.61. The zero-order valence-electron chi connectivity index (χ0n) is 15.2. The van der Waals surface area contributed by atoms with Crippen molar-refractivity contribution in [3.05, 3.63) is 64.3 Å². The van der Waals surface area contributed by atoms with Gasteiger partial charge in [0, 0.05) is 23.2 Å². The van der Waals surface area contributed by atoms with Crippen molar-refractivity contribution in [2.75, 3.05) is 19.8 Å². The van der Waals surface area contributed by atoms with Gasteiger partial charge in [-0.2, -0.15) is 0 Å². The lowest BCUT2D eigenvalue weighted by atomic mass is 10.1. The van der Waals surface area contributed by atoms with E-state index in [1.165, 1.54) is 0 Å². The van der Waals surface area contributed by atoms with Gasteiger partial charge in [-0.1, -0.05) is 17.7 Å². The molecule has 6 nitrogen and oxygen atoms in total. The predicted molar refractivity (Wildman–Crippen MR) is 106 cm³/mol. The third-order valence-corrected chi connectivity index (χ3v) is 4.83. The van der Waals surface area contributed by atoms with Crippen LogP contribution >= 0.6 is 11.6 Å². The molecule has 0 aliphatic carbocycles. The number of carbonyl (C=O) groups excluding carboxylic acids is 1. The summed E-state index contributed by atoms with van der Waals surface area (Å²) < 4.78 is 11.0. The number of rotatable bonds is 4. The zero-order valence-corrected chi connectivity index (χ0v) is 16.0. The molecule has 4 rings (SSSR count). The van der Waals surface area contributed by atoms with E-state index < -0.39 is 6.10 Å². The first kappa shape index (κ1) is 18.5. The van der Waals surface area contributed by atoms with Crippen molar-refractivity contribution in [1.29, 1.82) is 0 Å². The first-order valence-corrected chi connectivity index (χ1v) is 9.32. The number of hydrogen-bond acceptors (Lipinski definition) is 5. The molecule has 0 radical (unpaired) electrons. The molecule has 1 amide bonds. The molecule has 7 heteroatoms. The molecule has 28 heavy (non-hydrogen) atoms. The standard InChI is InChI=1S/C21H19ClN2O4/c1-12-2-3-13-8-14(4-5-17(13)24-12)21(26)23-11-18(25)15-9-16(22)20-19(10-15)27-6-7-28-20/h2-5,8-10,18,25H,6-7,11H2,1H3,(H,23,26)/t18-/m1/s1. The Balaban J connectivity index is 1.46. The highest BCUT2D eigenvalue weighted by atomic mass is 35.5.